The van der Waals surface area contributed by atoms with Crippen LogP contribution in [-0.4, -0.2) is 40.8 Å². The van der Waals surface area contributed by atoms with Gasteiger partial charge in [0.2, 0.25) is 0 Å². The highest BCUT2D eigenvalue weighted by Gasteiger charge is 1.97. The van der Waals surface area contributed by atoms with Crippen LogP contribution in [0, 0.1) is 0 Å². The van der Waals surface area contributed by atoms with Crippen LogP contribution in [0.2, 0.25) is 0 Å². The smallest absolute Gasteiger partial charge is 0.0991 e. The second kappa shape index (κ2) is 6.61. The second-order valence-corrected chi connectivity index (χ2v) is 5.60. The Balaban J connectivity index is 1.84. The molecule has 2 rings (SSSR count). The summed E-state index contributed by atoms with van der Waals surface area (Å²) in [6.45, 7) is 1.14. The van der Waals surface area contributed by atoms with E-state index in [1.165, 1.54) is 11.3 Å². The Labute approximate surface area is 113 Å². The molecular weight excluding hydrogens is 242 g/mol. The molecule has 0 saturated carbocycles. The van der Waals surface area contributed by atoms with Crippen LogP contribution in [0.4, 0.5) is 0 Å². The SMILES string of the molecule is CN(C)CCSCc1ccc(-n2ccnc2)cc1. The molecule has 0 amide bonds. The normalized spacial score (nSPS) is 11.1. The molecule has 1 aromatic carbocycles. The first kappa shape index (κ1) is 13.2. The molecule has 18 heavy (non-hydrogen) atoms. The molecule has 0 fully saturated rings. The molecule has 0 aliphatic heterocycles. The zero-order valence-electron chi connectivity index (χ0n) is 10.9. The summed E-state index contributed by atoms with van der Waals surface area (Å²) in [4.78, 5) is 6.27. The maximum atomic E-state index is 4.05. The van der Waals surface area contributed by atoms with Crippen molar-refractivity contribution in [2.24, 2.45) is 0 Å². The van der Waals surface area contributed by atoms with Crippen molar-refractivity contribution in [2.75, 3.05) is 26.4 Å². The highest BCUT2D eigenvalue weighted by Crippen LogP contribution is 2.15. The molecule has 0 radical (unpaired) electrons. The number of imidazole rings is 1. The van der Waals surface area contributed by atoms with Crippen LogP contribution in [0.5, 0.6) is 0 Å². The lowest BCUT2D eigenvalue weighted by Gasteiger charge is -2.09. The van der Waals surface area contributed by atoms with Crippen molar-refractivity contribution >= 4 is 11.8 Å². The van der Waals surface area contributed by atoms with Crippen molar-refractivity contribution in [3.63, 3.8) is 0 Å². The molecule has 2 aromatic rings. The maximum Gasteiger partial charge on any atom is 0.0991 e. The molecule has 0 spiro atoms. The summed E-state index contributed by atoms with van der Waals surface area (Å²) >= 11 is 1.98. The number of benzene rings is 1. The van der Waals surface area contributed by atoms with Crippen molar-refractivity contribution in [1.29, 1.82) is 0 Å². The van der Waals surface area contributed by atoms with Gasteiger partial charge in [0.05, 0.1) is 6.33 Å². The molecule has 96 valence electrons. The van der Waals surface area contributed by atoms with Crippen molar-refractivity contribution in [3.8, 4) is 5.69 Å². The van der Waals surface area contributed by atoms with Gasteiger partial charge in [-0.15, -0.1) is 0 Å². The van der Waals surface area contributed by atoms with Crippen LogP contribution >= 0.6 is 11.8 Å². The van der Waals surface area contributed by atoms with Crippen molar-refractivity contribution < 1.29 is 0 Å². The average molecular weight is 261 g/mol. The Morgan fingerprint density at radius 2 is 2.00 bits per heavy atom. The standard InChI is InChI=1S/C14H19N3S/c1-16(2)9-10-18-11-13-3-5-14(6-4-13)17-8-7-15-12-17/h3-8,12H,9-11H2,1-2H3. The molecule has 0 unspecified atom stereocenters. The monoisotopic (exact) mass is 261 g/mol. The van der Waals surface area contributed by atoms with Gasteiger partial charge in [0.15, 0.2) is 0 Å². The zero-order chi connectivity index (χ0) is 12.8. The molecule has 0 bridgehead atoms. The van der Waals surface area contributed by atoms with Crippen molar-refractivity contribution in [1.82, 2.24) is 14.5 Å². The predicted octanol–water partition coefficient (Wildman–Crippen LogP) is 2.67. The summed E-state index contributed by atoms with van der Waals surface area (Å²) in [6.07, 6.45) is 5.58. The maximum absolute atomic E-state index is 4.05. The minimum atomic E-state index is 1.08. The van der Waals surface area contributed by atoms with Gasteiger partial charge in [0.1, 0.15) is 0 Å². The fourth-order valence-electron chi connectivity index (χ4n) is 1.61. The van der Waals surface area contributed by atoms with Crippen LogP contribution in [0.1, 0.15) is 5.56 Å². The van der Waals surface area contributed by atoms with E-state index in [0.717, 1.165) is 18.0 Å². The van der Waals surface area contributed by atoms with E-state index >= 15 is 0 Å². The van der Waals surface area contributed by atoms with Gasteiger partial charge < -0.3 is 9.47 Å². The van der Waals surface area contributed by atoms with E-state index in [1.54, 1.807) is 6.20 Å². The lowest BCUT2D eigenvalue weighted by atomic mass is 10.2. The topological polar surface area (TPSA) is 21.1 Å². The van der Waals surface area contributed by atoms with Gasteiger partial charge in [0.25, 0.3) is 0 Å². The van der Waals surface area contributed by atoms with E-state index in [9.17, 15) is 0 Å². The minimum absolute atomic E-state index is 1.08. The summed E-state index contributed by atoms with van der Waals surface area (Å²) in [5.41, 5.74) is 2.54. The number of hydrogen-bond donors (Lipinski definition) is 0. The molecule has 0 saturated heterocycles. The van der Waals surface area contributed by atoms with Crippen molar-refractivity contribution in [2.45, 2.75) is 5.75 Å². The van der Waals surface area contributed by atoms with Crippen molar-refractivity contribution in [3.05, 3.63) is 48.5 Å². The molecule has 0 aliphatic rings. The van der Waals surface area contributed by atoms with Crippen LogP contribution < -0.4 is 0 Å². The number of hydrogen-bond acceptors (Lipinski definition) is 3. The Bertz CT molecular complexity index is 448. The Kier molecular flexibility index (Phi) is 4.84. The summed E-state index contributed by atoms with van der Waals surface area (Å²) in [5, 5.41) is 0. The van der Waals surface area contributed by atoms with E-state index in [4.69, 9.17) is 0 Å². The Morgan fingerprint density at radius 1 is 1.22 bits per heavy atom. The fourth-order valence-corrected chi connectivity index (χ4v) is 2.68. The highest BCUT2D eigenvalue weighted by atomic mass is 32.2. The first-order valence-electron chi connectivity index (χ1n) is 6.05. The largest absolute Gasteiger partial charge is 0.309 e. The third kappa shape index (κ3) is 3.89. The van der Waals surface area contributed by atoms with E-state index in [1.807, 2.05) is 28.9 Å². The average Bonchev–Trinajstić information content (AvgIpc) is 2.89. The van der Waals surface area contributed by atoms with Gasteiger partial charge in [-0.2, -0.15) is 11.8 Å². The van der Waals surface area contributed by atoms with Crippen LogP contribution in [0.3, 0.4) is 0 Å². The minimum Gasteiger partial charge on any atom is -0.309 e. The fraction of sp³-hybridized carbons (Fsp3) is 0.357. The highest BCUT2D eigenvalue weighted by molar-refractivity contribution is 7.98. The Hall–Kier alpha value is -1.26. The molecule has 1 heterocycles. The third-order valence-electron chi connectivity index (χ3n) is 2.69. The van der Waals surface area contributed by atoms with Gasteiger partial charge in [0, 0.05) is 36.1 Å². The van der Waals surface area contributed by atoms with Gasteiger partial charge >= 0.3 is 0 Å². The third-order valence-corrected chi connectivity index (χ3v) is 3.70. The number of thioether (sulfide) groups is 1. The lowest BCUT2D eigenvalue weighted by Crippen LogP contribution is -2.14. The summed E-state index contributed by atoms with van der Waals surface area (Å²) in [7, 11) is 4.22. The first-order valence-corrected chi connectivity index (χ1v) is 7.21. The summed E-state index contributed by atoms with van der Waals surface area (Å²) < 4.78 is 2.02. The van der Waals surface area contributed by atoms with Crippen LogP contribution in [0.25, 0.3) is 5.69 Å². The predicted molar refractivity (Wildman–Crippen MR) is 78.3 cm³/mol. The van der Waals surface area contributed by atoms with Crippen LogP contribution in [0.15, 0.2) is 43.0 Å². The second-order valence-electron chi connectivity index (χ2n) is 4.49. The van der Waals surface area contributed by atoms with Gasteiger partial charge in [-0.25, -0.2) is 4.98 Å². The molecule has 1 aromatic heterocycles. The lowest BCUT2D eigenvalue weighted by molar-refractivity contribution is 0.437. The molecule has 0 atom stereocenters. The summed E-state index contributed by atoms with van der Waals surface area (Å²) in [6, 6.07) is 8.67. The number of rotatable bonds is 6. The quantitative estimate of drug-likeness (QED) is 0.746. The molecule has 3 nitrogen and oxygen atoms in total. The zero-order valence-corrected chi connectivity index (χ0v) is 11.7. The number of aromatic nitrogens is 2. The molecule has 4 heteroatoms. The molecule has 0 N–H and O–H groups in total. The van der Waals surface area contributed by atoms with E-state index in [-0.39, 0.29) is 0 Å². The van der Waals surface area contributed by atoms with E-state index < -0.39 is 0 Å². The Morgan fingerprint density at radius 3 is 2.61 bits per heavy atom. The van der Waals surface area contributed by atoms with Gasteiger partial charge in [-0.1, -0.05) is 12.1 Å². The van der Waals surface area contributed by atoms with E-state index in [0.29, 0.717) is 0 Å². The first-order chi connectivity index (χ1) is 8.75. The molecular formula is C14H19N3S. The van der Waals surface area contributed by atoms with Crippen LogP contribution in [-0.2, 0) is 5.75 Å². The number of nitrogens with zero attached hydrogens (tertiary/aromatic N) is 3. The van der Waals surface area contributed by atoms with Gasteiger partial charge in [-0.3, -0.25) is 0 Å². The summed E-state index contributed by atoms with van der Waals surface area (Å²) in [5.74, 6) is 2.26. The van der Waals surface area contributed by atoms with Gasteiger partial charge in [-0.05, 0) is 31.8 Å². The molecule has 0 aliphatic carbocycles. The van der Waals surface area contributed by atoms with E-state index in [2.05, 4.69) is 48.2 Å².